The molecule has 0 N–H and O–H groups in total. The van der Waals surface area contributed by atoms with Crippen LogP contribution in [-0.2, 0) is 0 Å². The predicted molar refractivity (Wildman–Crippen MR) is 119 cm³/mol. The van der Waals surface area contributed by atoms with E-state index >= 15 is 0 Å². The molecule has 4 aromatic rings. The Kier molecular flexibility index (Phi) is 4.81. The lowest BCUT2D eigenvalue weighted by Gasteiger charge is -2.29. The first-order valence-corrected chi connectivity index (χ1v) is 10.7. The number of benzene rings is 1. The zero-order valence-electron chi connectivity index (χ0n) is 16.3. The zero-order chi connectivity index (χ0) is 19.6. The fraction of sp³-hybridized carbons (Fsp3) is 0.273. The lowest BCUT2D eigenvalue weighted by Crippen LogP contribution is -2.39. The SMILES string of the molecule is CN(CC1CCCN1c1cccnn1)c1ncnc2sc(-c3ccccc3)cc12. The first-order chi connectivity index (χ1) is 14.3. The van der Waals surface area contributed by atoms with Gasteiger partial charge in [0.15, 0.2) is 5.82 Å². The molecule has 0 bridgehead atoms. The van der Waals surface area contributed by atoms with E-state index in [2.05, 4.69) is 67.3 Å². The van der Waals surface area contributed by atoms with E-state index in [1.807, 2.05) is 18.2 Å². The summed E-state index contributed by atoms with van der Waals surface area (Å²) in [6.45, 7) is 1.91. The van der Waals surface area contributed by atoms with Gasteiger partial charge in [-0.2, -0.15) is 5.10 Å². The van der Waals surface area contributed by atoms with Crippen LogP contribution >= 0.6 is 11.3 Å². The van der Waals surface area contributed by atoms with Crippen molar-refractivity contribution >= 4 is 33.2 Å². The Labute approximate surface area is 173 Å². The number of aromatic nitrogens is 4. The summed E-state index contributed by atoms with van der Waals surface area (Å²) < 4.78 is 0. The first-order valence-electron chi connectivity index (χ1n) is 9.85. The van der Waals surface area contributed by atoms with Gasteiger partial charge in [0, 0.05) is 37.3 Å². The molecule has 3 aromatic heterocycles. The Balaban J connectivity index is 1.42. The molecule has 29 heavy (non-hydrogen) atoms. The molecule has 1 saturated heterocycles. The summed E-state index contributed by atoms with van der Waals surface area (Å²) in [6, 6.07) is 17.1. The smallest absolute Gasteiger partial charge is 0.151 e. The van der Waals surface area contributed by atoms with E-state index in [1.54, 1.807) is 23.9 Å². The molecule has 0 amide bonds. The summed E-state index contributed by atoms with van der Waals surface area (Å²) in [5, 5.41) is 9.47. The molecule has 0 saturated carbocycles. The number of nitrogens with zero attached hydrogens (tertiary/aromatic N) is 6. The third-order valence-electron chi connectivity index (χ3n) is 5.44. The summed E-state index contributed by atoms with van der Waals surface area (Å²) in [7, 11) is 2.12. The van der Waals surface area contributed by atoms with E-state index in [0.717, 1.165) is 41.4 Å². The quantitative estimate of drug-likeness (QED) is 0.497. The van der Waals surface area contributed by atoms with Gasteiger partial charge >= 0.3 is 0 Å². The number of anilines is 2. The van der Waals surface area contributed by atoms with Crippen LogP contribution < -0.4 is 9.80 Å². The summed E-state index contributed by atoms with van der Waals surface area (Å²) in [6.07, 6.45) is 5.71. The van der Waals surface area contributed by atoms with Crippen LogP contribution in [0.1, 0.15) is 12.8 Å². The van der Waals surface area contributed by atoms with Crippen molar-refractivity contribution in [2.24, 2.45) is 0 Å². The highest BCUT2D eigenvalue weighted by Gasteiger charge is 2.27. The molecule has 0 aliphatic carbocycles. The molecule has 0 spiro atoms. The molecule has 1 aliphatic heterocycles. The Hall–Kier alpha value is -3.06. The highest BCUT2D eigenvalue weighted by atomic mass is 32.1. The van der Waals surface area contributed by atoms with Gasteiger partial charge in [-0.1, -0.05) is 30.3 Å². The minimum Gasteiger partial charge on any atom is -0.357 e. The molecule has 1 fully saturated rings. The van der Waals surface area contributed by atoms with Crippen molar-refractivity contribution in [1.29, 1.82) is 0 Å². The van der Waals surface area contributed by atoms with Crippen molar-refractivity contribution in [2.75, 3.05) is 29.9 Å². The van der Waals surface area contributed by atoms with Crippen molar-refractivity contribution in [3.8, 4) is 10.4 Å². The number of rotatable bonds is 5. The van der Waals surface area contributed by atoms with Crippen molar-refractivity contribution < 1.29 is 0 Å². The fourth-order valence-electron chi connectivity index (χ4n) is 4.07. The second-order valence-electron chi connectivity index (χ2n) is 7.34. The van der Waals surface area contributed by atoms with Crippen LogP contribution in [0.4, 0.5) is 11.6 Å². The lowest BCUT2D eigenvalue weighted by molar-refractivity contribution is 0.644. The van der Waals surface area contributed by atoms with E-state index in [4.69, 9.17) is 0 Å². The number of likely N-dealkylation sites (N-methyl/N-ethyl adjacent to an activating group) is 1. The lowest BCUT2D eigenvalue weighted by atomic mass is 10.1. The summed E-state index contributed by atoms with van der Waals surface area (Å²) in [4.78, 5) is 16.0. The van der Waals surface area contributed by atoms with Crippen molar-refractivity contribution in [3.63, 3.8) is 0 Å². The second kappa shape index (κ2) is 7.75. The monoisotopic (exact) mass is 402 g/mol. The van der Waals surface area contributed by atoms with Gasteiger partial charge in [-0.3, -0.25) is 0 Å². The minimum atomic E-state index is 0.397. The molecule has 146 valence electrons. The van der Waals surface area contributed by atoms with E-state index in [9.17, 15) is 0 Å². The summed E-state index contributed by atoms with van der Waals surface area (Å²) >= 11 is 1.72. The van der Waals surface area contributed by atoms with Crippen LogP contribution in [0.15, 0.2) is 61.1 Å². The average molecular weight is 403 g/mol. The minimum absolute atomic E-state index is 0.397. The van der Waals surface area contributed by atoms with E-state index in [-0.39, 0.29) is 0 Å². The molecule has 7 heteroatoms. The van der Waals surface area contributed by atoms with Crippen LogP contribution in [-0.4, -0.2) is 46.3 Å². The average Bonchev–Trinajstić information content (AvgIpc) is 3.41. The highest BCUT2D eigenvalue weighted by Crippen LogP contribution is 2.36. The van der Waals surface area contributed by atoms with Gasteiger partial charge in [0.25, 0.3) is 0 Å². The maximum atomic E-state index is 4.63. The molecular weight excluding hydrogens is 380 g/mol. The Bertz CT molecular complexity index is 1100. The highest BCUT2D eigenvalue weighted by molar-refractivity contribution is 7.21. The Morgan fingerprint density at radius 1 is 1.14 bits per heavy atom. The topological polar surface area (TPSA) is 58.0 Å². The van der Waals surface area contributed by atoms with Crippen LogP contribution in [0.2, 0.25) is 0 Å². The summed E-state index contributed by atoms with van der Waals surface area (Å²) in [5.74, 6) is 1.94. The largest absolute Gasteiger partial charge is 0.357 e. The van der Waals surface area contributed by atoms with Crippen molar-refractivity contribution in [2.45, 2.75) is 18.9 Å². The maximum Gasteiger partial charge on any atom is 0.151 e. The van der Waals surface area contributed by atoms with Gasteiger partial charge < -0.3 is 9.80 Å². The van der Waals surface area contributed by atoms with E-state index in [1.165, 1.54) is 16.9 Å². The van der Waals surface area contributed by atoms with Crippen molar-refractivity contribution in [1.82, 2.24) is 20.2 Å². The first kappa shape index (κ1) is 18.0. The third kappa shape index (κ3) is 3.53. The van der Waals surface area contributed by atoms with Crippen LogP contribution in [0.3, 0.4) is 0 Å². The molecule has 6 nitrogen and oxygen atoms in total. The van der Waals surface area contributed by atoms with Gasteiger partial charge in [0.2, 0.25) is 0 Å². The molecule has 5 rings (SSSR count). The Morgan fingerprint density at radius 3 is 2.86 bits per heavy atom. The Morgan fingerprint density at radius 2 is 2.03 bits per heavy atom. The fourth-order valence-corrected chi connectivity index (χ4v) is 5.07. The van der Waals surface area contributed by atoms with Crippen LogP contribution in [0.25, 0.3) is 20.7 Å². The molecule has 4 heterocycles. The maximum absolute atomic E-state index is 4.63. The van der Waals surface area contributed by atoms with Crippen molar-refractivity contribution in [3.05, 3.63) is 61.1 Å². The molecular formula is C22H22N6S. The predicted octanol–water partition coefficient (Wildman–Crippen LogP) is 4.25. The van der Waals surface area contributed by atoms with Gasteiger partial charge in [0.05, 0.1) is 5.39 Å². The second-order valence-corrected chi connectivity index (χ2v) is 8.38. The zero-order valence-corrected chi connectivity index (χ0v) is 17.1. The molecule has 1 unspecified atom stereocenters. The number of thiophene rings is 1. The summed E-state index contributed by atoms with van der Waals surface area (Å²) in [5.41, 5.74) is 1.22. The standard InChI is InChI=1S/C22H22N6S/c1-27(14-17-9-6-12-28(17)20-10-5-11-25-26-20)21-18-13-19(16-7-3-2-4-8-16)29-22(18)24-15-23-21/h2-5,7-8,10-11,13,15,17H,6,9,12,14H2,1H3. The van der Waals surface area contributed by atoms with Gasteiger partial charge in [-0.05, 0) is 36.6 Å². The van der Waals surface area contributed by atoms with Crippen LogP contribution in [0, 0.1) is 0 Å². The van der Waals surface area contributed by atoms with Gasteiger partial charge in [-0.15, -0.1) is 16.4 Å². The number of hydrogen-bond acceptors (Lipinski definition) is 7. The van der Waals surface area contributed by atoms with Gasteiger partial charge in [-0.25, -0.2) is 9.97 Å². The van der Waals surface area contributed by atoms with Gasteiger partial charge in [0.1, 0.15) is 17.0 Å². The molecule has 1 aliphatic rings. The number of hydrogen-bond donors (Lipinski definition) is 0. The number of fused-ring (bicyclic) bond motifs is 1. The normalized spacial score (nSPS) is 16.4. The molecule has 1 aromatic carbocycles. The van der Waals surface area contributed by atoms with Crippen LogP contribution in [0.5, 0.6) is 0 Å². The van der Waals surface area contributed by atoms with E-state index in [0.29, 0.717) is 6.04 Å². The van der Waals surface area contributed by atoms with E-state index < -0.39 is 0 Å². The molecule has 0 radical (unpaired) electrons. The molecule has 1 atom stereocenters. The third-order valence-corrected chi connectivity index (χ3v) is 6.53.